The predicted octanol–water partition coefficient (Wildman–Crippen LogP) is 5.25. The van der Waals surface area contributed by atoms with Crippen LogP contribution in [-0.2, 0) is 16.1 Å². The number of nitrogens with one attached hydrogen (secondary N) is 1. The molecular formula is C27H27N3O4S. The topological polar surface area (TPSA) is 90.3 Å². The molecule has 0 spiro atoms. The lowest BCUT2D eigenvalue weighted by atomic mass is 9.99. The van der Waals surface area contributed by atoms with Crippen molar-refractivity contribution < 1.29 is 14.3 Å². The zero-order valence-electron chi connectivity index (χ0n) is 20.3. The van der Waals surface area contributed by atoms with E-state index in [-0.39, 0.29) is 24.1 Å². The zero-order chi connectivity index (χ0) is 25.3. The first-order chi connectivity index (χ1) is 16.6. The number of fused-ring (bicyclic) bond motifs is 1. The third-order valence-corrected chi connectivity index (χ3v) is 6.72. The van der Waals surface area contributed by atoms with E-state index in [4.69, 9.17) is 4.74 Å². The largest absolute Gasteiger partial charge is 0.459 e. The molecule has 0 aliphatic carbocycles. The van der Waals surface area contributed by atoms with E-state index in [1.165, 1.54) is 27.8 Å². The van der Waals surface area contributed by atoms with Crippen molar-refractivity contribution in [1.29, 1.82) is 0 Å². The van der Waals surface area contributed by atoms with Crippen molar-refractivity contribution >= 4 is 39.1 Å². The van der Waals surface area contributed by atoms with E-state index >= 15 is 0 Å². The van der Waals surface area contributed by atoms with Gasteiger partial charge >= 0.3 is 5.97 Å². The molecule has 7 nitrogen and oxygen atoms in total. The number of rotatable bonds is 6. The van der Waals surface area contributed by atoms with Crippen molar-refractivity contribution in [2.75, 3.05) is 5.32 Å². The van der Waals surface area contributed by atoms with Gasteiger partial charge in [-0.25, -0.2) is 9.78 Å². The summed E-state index contributed by atoms with van der Waals surface area (Å²) in [7, 11) is 0. The quantitative estimate of drug-likeness (QED) is 0.374. The van der Waals surface area contributed by atoms with Crippen LogP contribution in [0.15, 0.2) is 53.6 Å². The standard InChI is InChI=1S/C27H27N3O4S/c1-15(2)34-27(33)19-8-10-21(11-9-19)29-22(31)13-30-14-28-25-24(26(30)32)23(18(5)35-25)20-7-6-16(3)17(4)12-20/h6-12,14-15H,13H2,1-5H3,(H,29,31). The van der Waals surface area contributed by atoms with Crippen LogP contribution < -0.4 is 10.9 Å². The highest BCUT2D eigenvalue weighted by molar-refractivity contribution is 7.19. The Morgan fingerprint density at radius 1 is 1.06 bits per heavy atom. The second-order valence-corrected chi connectivity index (χ2v) is 9.97. The number of thiophene rings is 1. The molecule has 35 heavy (non-hydrogen) atoms. The van der Waals surface area contributed by atoms with Gasteiger partial charge in [-0.3, -0.25) is 14.2 Å². The van der Waals surface area contributed by atoms with Crippen LogP contribution in [0.1, 0.15) is 40.2 Å². The molecule has 1 amide bonds. The van der Waals surface area contributed by atoms with Crippen molar-refractivity contribution in [2.24, 2.45) is 0 Å². The van der Waals surface area contributed by atoms with Crippen molar-refractivity contribution in [3.05, 3.63) is 80.7 Å². The van der Waals surface area contributed by atoms with Gasteiger partial charge in [0.15, 0.2) is 0 Å². The number of hydrogen-bond acceptors (Lipinski definition) is 6. The molecule has 0 saturated carbocycles. The zero-order valence-corrected chi connectivity index (χ0v) is 21.2. The number of hydrogen-bond donors (Lipinski definition) is 1. The first kappa shape index (κ1) is 24.3. The molecule has 0 saturated heterocycles. The number of carbonyl (C=O) groups is 2. The van der Waals surface area contributed by atoms with E-state index in [1.54, 1.807) is 38.1 Å². The minimum Gasteiger partial charge on any atom is -0.459 e. The van der Waals surface area contributed by atoms with Crippen LogP contribution in [0.2, 0.25) is 0 Å². The Morgan fingerprint density at radius 2 is 1.77 bits per heavy atom. The van der Waals surface area contributed by atoms with Gasteiger partial charge in [-0.2, -0.15) is 0 Å². The van der Waals surface area contributed by atoms with E-state index in [1.807, 2.05) is 26.0 Å². The smallest absolute Gasteiger partial charge is 0.338 e. The van der Waals surface area contributed by atoms with Crippen molar-refractivity contribution in [3.8, 4) is 11.1 Å². The fourth-order valence-corrected chi connectivity index (χ4v) is 4.82. The fraction of sp³-hybridized carbons (Fsp3) is 0.259. The fourth-order valence-electron chi connectivity index (χ4n) is 3.82. The number of nitrogens with zero attached hydrogens (tertiary/aromatic N) is 2. The van der Waals surface area contributed by atoms with Crippen LogP contribution in [0.3, 0.4) is 0 Å². The summed E-state index contributed by atoms with van der Waals surface area (Å²) in [6.45, 7) is 9.46. The summed E-state index contributed by atoms with van der Waals surface area (Å²) in [6, 6.07) is 12.6. The lowest BCUT2D eigenvalue weighted by Crippen LogP contribution is -2.27. The Labute approximate surface area is 207 Å². The summed E-state index contributed by atoms with van der Waals surface area (Å²) >= 11 is 1.47. The molecule has 0 radical (unpaired) electrons. The van der Waals surface area contributed by atoms with Gasteiger partial charge in [0, 0.05) is 16.1 Å². The second kappa shape index (κ2) is 9.84. The molecule has 1 N–H and O–H groups in total. The molecule has 8 heteroatoms. The average Bonchev–Trinajstić information content (AvgIpc) is 3.14. The number of amides is 1. The Hall–Kier alpha value is -3.78. The Morgan fingerprint density at radius 3 is 2.43 bits per heavy atom. The highest BCUT2D eigenvalue weighted by Crippen LogP contribution is 2.36. The molecule has 2 heterocycles. The Kier molecular flexibility index (Phi) is 6.84. The normalized spacial score (nSPS) is 11.1. The summed E-state index contributed by atoms with van der Waals surface area (Å²) in [4.78, 5) is 44.2. The van der Waals surface area contributed by atoms with Crippen LogP contribution in [0.25, 0.3) is 21.3 Å². The van der Waals surface area contributed by atoms with E-state index < -0.39 is 5.97 Å². The molecule has 0 aliphatic heterocycles. The summed E-state index contributed by atoms with van der Waals surface area (Å²) in [6.07, 6.45) is 1.20. The maximum atomic E-state index is 13.4. The molecule has 0 fully saturated rings. The number of ether oxygens (including phenoxy) is 1. The molecule has 0 aliphatic rings. The monoisotopic (exact) mass is 489 g/mol. The second-order valence-electron chi connectivity index (χ2n) is 8.77. The minimum atomic E-state index is -0.422. The van der Waals surface area contributed by atoms with Crippen LogP contribution in [-0.4, -0.2) is 27.5 Å². The van der Waals surface area contributed by atoms with Gasteiger partial charge in [-0.05, 0) is 75.6 Å². The van der Waals surface area contributed by atoms with Gasteiger partial charge in [0.2, 0.25) is 5.91 Å². The highest BCUT2D eigenvalue weighted by Gasteiger charge is 2.18. The Balaban J connectivity index is 1.57. The first-order valence-electron chi connectivity index (χ1n) is 11.3. The van der Waals surface area contributed by atoms with Crippen LogP contribution in [0.4, 0.5) is 5.69 Å². The van der Waals surface area contributed by atoms with Crippen LogP contribution in [0.5, 0.6) is 0 Å². The number of esters is 1. The predicted molar refractivity (Wildman–Crippen MR) is 139 cm³/mol. The third-order valence-electron chi connectivity index (χ3n) is 5.71. The van der Waals surface area contributed by atoms with Crippen LogP contribution in [0, 0.1) is 20.8 Å². The SMILES string of the molecule is Cc1ccc(-c2c(C)sc3ncn(CC(=O)Nc4ccc(C(=O)OC(C)C)cc4)c(=O)c23)cc1C. The number of aromatic nitrogens is 2. The highest BCUT2D eigenvalue weighted by atomic mass is 32.1. The van der Waals surface area contributed by atoms with Crippen molar-refractivity contribution in [1.82, 2.24) is 9.55 Å². The number of carbonyl (C=O) groups excluding carboxylic acids is 2. The molecule has 0 atom stereocenters. The summed E-state index contributed by atoms with van der Waals surface area (Å²) in [5.74, 6) is -0.792. The molecule has 0 unspecified atom stereocenters. The first-order valence-corrected chi connectivity index (χ1v) is 12.1. The molecule has 0 bridgehead atoms. The minimum absolute atomic E-state index is 0.180. The van der Waals surface area contributed by atoms with E-state index in [9.17, 15) is 14.4 Å². The third kappa shape index (κ3) is 5.17. The molecule has 2 aromatic carbocycles. The van der Waals surface area contributed by atoms with E-state index in [2.05, 4.69) is 23.3 Å². The molecular weight excluding hydrogens is 462 g/mol. The van der Waals surface area contributed by atoms with Gasteiger partial charge in [-0.15, -0.1) is 11.3 Å². The lowest BCUT2D eigenvalue weighted by Gasteiger charge is -2.10. The van der Waals surface area contributed by atoms with Crippen molar-refractivity contribution in [2.45, 2.75) is 47.3 Å². The average molecular weight is 490 g/mol. The van der Waals surface area contributed by atoms with Gasteiger partial charge < -0.3 is 10.1 Å². The molecule has 4 rings (SSSR count). The van der Waals surface area contributed by atoms with Gasteiger partial charge in [0.1, 0.15) is 11.4 Å². The Bertz CT molecular complexity index is 1480. The maximum absolute atomic E-state index is 13.4. The van der Waals surface area contributed by atoms with Crippen LogP contribution >= 0.6 is 11.3 Å². The van der Waals surface area contributed by atoms with E-state index in [0.717, 1.165) is 21.6 Å². The number of anilines is 1. The van der Waals surface area contributed by atoms with Gasteiger partial charge in [-0.1, -0.05) is 18.2 Å². The number of benzene rings is 2. The molecule has 4 aromatic rings. The van der Waals surface area contributed by atoms with E-state index in [0.29, 0.717) is 21.5 Å². The molecule has 2 aromatic heterocycles. The molecule has 180 valence electrons. The lowest BCUT2D eigenvalue weighted by molar-refractivity contribution is -0.116. The maximum Gasteiger partial charge on any atom is 0.338 e. The summed E-state index contributed by atoms with van der Waals surface area (Å²) in [5, 5.41) is 3.29. The number of aryl methyl sites for hydroxylation is 3. The van der Waals surface area contributed by atoms with Gasteiger partial charge in [0.05, 0.1) is 23.4 Å². The summed E-state index contributed by atoms with van der Waals surface area (Å²) in [5.41, 5.74) is 4.82. The van der Waals surface area contributed by atoms with Crippen molar-refractivity contribution in [3.63, 3.8) is 0 Å². The van der Waals surface area contributed by atoms with Gasteiger partial charge in [0.25, 0.3) is 5.56 Å². The summed E-state index contributed by atoms with van der Waals surface area (Å²) < 4.78 is 6.49.